The highest BCUT2D eigenvalue weighted by Gasteiger charge is 2.58. The molecule has 2 unspecified atom stereocenters. The van der Waals surface area contributed by atoms with Gasteiger partial charge in [-0.2, -0.15) is 5.21 Å². The van der Waals surface area contributed by atoms with Gasteiger partial charge in [0.1, 0.15) is 0 Å². The minimum Gasteiger partial charge on any atom is -0.327 e. The van der Waals surface area contributed by atoms with Crippen LogP contribution in [0, 0.1) is 5.41 Å². The van der Waals surface area contributed by atoms with Crippen LogP contribution in [0.25, 0.3) is 0 Å². The van der Waals surface area contributed by atoms with Crippen molar-refractivity contribution in [1.82, 2.24) is 20.6 Å². The lowest BCUT2D eigenvalue weighted by molar-refractivity contribution is 0.591. The summed E-state index contributed by atoms with van der Waals surface area (Å²) in [6.45, 7) is 4.22. The van der Waals surface area contributed by atoms with Gasteiger partial charge >= 0.3 is 0 Å². The highest BCUT2D eigenvalue weighted by Crippen LogP contribution is 2.55. The molecule has 5 nitrogen and oxygen atoms in total. The Kier molecular flexibility index (Phi) is 1.09. The van der Waals surface area contributed by atoms with Crippen molar-refractivity contribution < 1.29 is 0 Å². The van der Waals surface area contributed by atoms with Crippen LogP contribution in [0.15, 0.2) is 0 Å². The minimum atomic E-state index is 0.143. The maximum atomic E-state index is 5.81. The minimum absolute atomic E-state index is 0.143. The second-order valence-electron chi connectivity index (χ2n) is 3.59. The first-order valence-electron chi connectivity index (χ1n) is 3.63. The van der Waals surface area contributed by atoms with Crippen LogP contribution in [0.5, 0.6) is 0 Å². The van der Waals surface area contributed by atoms with E-state index in [9.17, 15) is 0 Å². The summed E-state index contributed by atoms with van der Waals surface area (Å²) < 4.78 is 0. The number of nitrogens with two attached hydrogens (primary N) is 1. The Labute approximate surface area is 64.4 Å². The Balaban J connectivity index is 2.23. The van der Waals surface area contributed by atoms with Crippen LogP contribution >= 0.6 is 0 Å². The van der Waals surface area contributed by atoms with Crippen LogP contribution in [0.1, 0.15) is 25.6 Å². The number of nitrogens with one attached hydrogen (secondary N) is 1. The lowest BCUT2D eigenvalue weighted by atomic mass is 10.1. The number of rotatable bonds is 1. The molecule has 1 heterocycles. The van der Waals surface area contributed by atoms with Gasteiger partial charge in [0.05, 0.1) is 0 Å². The molecule has 60 valence electrons. The lowest BCUT2D eigenvalue weighted by Gasteiger charge is -1.95. The summed E-state index contributed by atoms with van der Waals surface area (Å²) in [6.07, 6.45) is 0. The molecule has 5 heteroatoms. The maximum Gasteiger partial charge on any atom is 0.179 e. The summed E-state index contributed by atoms with van der Waals surface area (Å²) in [5.74, 6) is 1.02. The van der Waals surface area contributed by atoms with Gasteiger partial charge < -0.3 is 5.73 Å². The van der Waals surface area contributed by atoms with Crippen LogP contribution in [-0.4, -0.2) is 26.7 Å². The molecule has 0 bridgehead atoms. The molecule has 3 N–H and O–H groups in total. The first-order valence-corrected chi connectivity index (χ1v) is 3.63. The number of hydrogen-bond acceptors (Lipinski definition) is 4. The van der Waals surface area contributed by atoms with Gasteiger partial charge in [0.15, 0.2) is 5.82 Å². The van der Waals surface area contributed by atoms with E-state index in [-0.39, 0.29) is 17.4 Å². The fourth-order valence-corrected chi connectivity index (χ4v) is 1.47. The Morgan fingerprint density at radius 3 is 2.55 bits per heavy atom. The molecule has 2 rings (SSSR count). The molecule has 1 aromatic rings. The summed E-state index contributed by atoms with van der Waals surface area (Å²) in [5.41, 5.74) is 5.96. The van der Waals surface area contributed by atoms with Gasteiger partial charge in [0.2, 0.25) is 0 Å². The molecule has 11 heavy (non-hydrogen) atoms. The van der Waals surface area contributed by atoms with E-state index in [2.05, 4.69) is 34.5 Å². The van der Waals surface area contributed by atoms with Crippen molar-refractivity contribution in [3.8, 4) is 0 Å². The van der Waals surface area contributed by atoms with Crippen LogP contribution in [0.2, 0.25) is 0 Å². The Bertz CT molecular complexity index is 252. The molecule has 1 aliphatic carbocycles. The molecule has 0 radical (unpaired) electrons. The van der Waals surface area contributed by atoms with E-state index in [1.54, 1.807) is 0 Å². The zero-order chi connectivity index (χ0) is 8.06. The van der Waals surface area contributed by atoms with Crippen LogP contribution in [0.3, 0.4) is 0 Å². The third-order valence-corrected chi connectivity index (χ3v) is 2.55. The van der Waals surface area contributed by atoms with E-state index in [1.807, 2.05) is 0 Å². The van der Waals surface area contributed by atoms with E-state index in [4.69, 9.17) is 5.73 Å². The first kappa shape index (κ1) is 6.72. The lowest BCUT2D eigenvalue weighted by Crippen LogP contribution is -2.06. The van der Waals surface area contributed by atoms with Gasteiger partial charge in [0.25, 0.3) is 0 Å². The highest BCUT2D eigenvalue weighted by atomic mass is 15.5. The molecule has 1 saturated carbocycles. The standard InChI is InChI=1S/C6H11N5/c1-6(2)3(4(6)7)5-8-10-11-9-5/h3-4H,7H2,1-2H3,(H,8,9,10,11). The molecular formula is C6H11N5. The Morgan fingerprint density at radius 2 is 2.18 bits per heavy atom. The molecule has 0 saturated heterocycles. The van der Waals surface area contributed by atoms with E-state index in [0.717, 1.165) is 5.82 Å². The van der Waals surface area contributed by atoms with Crippen LogP contribution in [-0.2, 0) is 0 Å². The zero-order valence-electron chi connectivity index (χ0n) is 6.57. The predicted octanol–water partition coefficient (Wildman–Crippen LogP) is -0.350. The molecule has 1 aliphatic rings. The number of aromatic nitrogens is 4. The van der Waals surface area contributed by atoms with Crippen molar-refractivity contribution in [2.24, 2.45) is 11.1 Å². The SMILES string of the molecule is CC1(C)C(N)C1c1nn[nH]n1. The zero-order valence-corrected chi connectivity index (χ0v) is 6.57. The van der Waals surface area contributed by atoms with Gasteiger partial charge in [-0.05, 0) is 5.41 Å². The van der Waals surface area contributed by atoms with Gasteiger partial charge in [-0.25, -0.2) is 0 Å². The average Bonchev–Trinajstić information content (AvgIpc) is 2.40. The number of tetrazole rings is 1. The largest absolute Gasteiger partial charge is 0.327 e. The summed E-state index contributed by atoms with van der Waals surface area (Å²) in [6, 6.07) is 0.181. The first-order chi connectivity index (χ1) is 5.14. The number of H-pyrrole nitrogens is 1. The predicted molar refractivity (Wildman–Crippen MR) is 38.7 cm³/mol. The molecule has 0 amide bonds. The van der Waals surface area contributed by atoms with E-state index < -0.39 is 0 Å². The van der Waals surface area contributed by atoms with Gasteiger partial charge in [-0.3, -0.25) is 0 Å². The fraction of sp³-hybridized carbons (Fsp3) is 0.833. The molecule has 0 aliphatic heterocycles. The van der Waals surface area contributed by atoms with E-state index in [1.165, 1.54) is 0 Å². The maximum absolute atomic E-state index is 5.81. The number of hydrogen-bond donors (Lipinski definition) is 2. The summed E-state index contributed by atoms with van der Waals surface area (Å²) in [5, 5.41) is 13.7. The average molecular weight is 153 g/mol. The van der Waals surface area contributed by atoms with E-state index >= 15 is 0 Å². The second kappa shape index (κ2) is 1.79. The fourth-order valence-electron chi connectivity index (χ4n) is 1.47. The normalized spacial score (nSPS) is 33.7. The van der Waals surface area contributed by atoms with Crippen LogP contribution in [0.4, 0.5) is 0 Å². The highest BCUT2D eigenvalue weighted by molar-refractivity contribution is 5.22. The molecule has 1 aromatic heterocycles. The molecule has 2 atom stereocenters. The van der Waals surface area contributed by atoms with Crippen molar-refractivity contribution in [1.29, 1.82) is 0 Å². The topological polar surface area (TPSA) is 80.5 Å². The molecule has 0 aromatic carbocycles. The smallest absolute Gasteiger partial charge is 0.179 e. The van der Waals surface area contributed by atoms with Gasteiger partial charge in [-0.1, -0.05) is 19.1 Å². The van der Waals surface area contributed by atoms with Crippen molar-refractivity contribution in [2.45, 2.75) is 25.8 Å². The quantitative estimate of drug-likeness (QED) is 0.578. The monoisotopic (exact) mass is 153 g/mol. The summed E-state index contributed by atoms with van der Waals surface area (Å²) >= 11 is 0. The van der Waals surface area contributed by atoms with E-state index in [0.29, 0.717) is 0 Å². The third kappa shape index (κ3) is 0.773. The van der Waals surface area contributed by atoms with Crippen molar-refractivity contribution in [3.05, 3.63) is 5.82 Å². The van der Waals surface area contributed by atoms with Crippen molar-refractivity contribution in [3.63, 3.8) is 0 Å². The van der Waals surface area contributed by atoms with Gasteiger partial charge in [-0.15, -0.1) is 10.2 Å². The Morgan fingerprint density at radius 1 is 1.55 bits per heavy atom. The number of aromatic amines is 1. The van der Waals surface area contributed by atoms with Crippen molar-refractivity contribution >= 4 is 0 Å². The van der Waals surface area contributed by atoms with Gasteiger partial charge in [0, 0.05) is 12.0 Å². The Hall–Kier alpha value is -0.970. The molecular weight excluding hydrogens is 142 g/mol. The summed E-state index contributed by atoms with van der Waals surface area (Å²) in [4.78, 5) is 0. The summed E-state index contributed by atoms with van der Waals surface area (Å²) in [7, 11) is 0. The number of nitrogens with zero attached hydrogens (tertiary/aromatic N) is 3. The molecule has 0 spiro atoms. The van der Waals surface area contributed by atoms with Crippen LogP contribution < -0.4 is 5.73 Å². The molecule has 1 fully saturated rings. The second-order valence-corrected chi connectivity index (χ2v) is 3.59. The third-order valence-electron chi connectivity index (χ3n) is 2.55. The van der Waals surface area contributed by atoms with Crippen molar-refractivity contribution in [2.75, 3.05) is 0 Å².